The number of rotatable bonds is 6. The zero-order valence-corrected chi connectivity index (χ0v) is 12.9. The first kappa shape index (κ1) is 16.7. The van der Waals surface area contributed by atoms with Crippen LogP contribution in [0.25, 0.3) is 11.1 Å². The van der Waals surface area contributed by atoms with Crippen molar-refractivity contribution in [3.63, 3.8) is 0 Å². The lowest BCUT2D eigenvalue weighted by Crippen LogP contribution is -2.29. The van der Waals surface area contributed by atoms with Crippen LogP contribution in [-0.2, 0) is 4.79 Å². The molecule has 0 spiro atoms. The monoisotopic (exact) mass is 314 g/mol. The van der Waals surface area contributed by atoms with Gasteiger partial charge in [-0.15, -0.1) is 0 Å². The molecule has 0 bridgehead atoms. The summed E-state index contributed by atoms with van der Waals surface area (Å²) in [7, 11) is 0. The third-order valence-corrected chi connectivity index (χ3v) is 3.33. The second kappa shape index (κ2) is 8.08. The fourth-order valence-corrected chi connectivity index (χ4v) is 2.16. The van der Waals surface area contributed by atoms with Crippen LogP contribution in [0.15, 0.2) is 48.5 Å². The van der Waals surface area contributed by atoms with E-state index in [1.165, 1.54) is 13.0 Å². The van der Waals surface area contributed by atoms with Crippen LogP contribution in [0.1, 0.15) is 23.7 Å². The lowest BCUT2D eigenvalue weighted by atomic mass is 10.0. The molecular formula is C18H19FN2O2. The highest BCUT2D eigenvalue weighted by molar-refractivity contribution is 5.95. The molecule has 0 atom stereocenters. The lowest BCUT2D eigenvalue weighted by Gasteiger charge is -2.09. The number of halogens is 1. The van der Waals surface area contributed by atoms with E-state index < -0.39 is 11.7 Å². The van der Waals surface area contributed by atoms with Gasteiger partial charge in [0.05, 0.1) is 5.56 Å². The maximum Gasteiger partial charge on any atom is 0.254 e. The van der Waals surface area contributed by atoms with Gasteiger partial charge in [0.15, 0.2) is 0 Å². The van der Waals surface area contributed by atoms with Crippen molar-refractivity contribution in [1.82, 2.24) is 10.6 Å². The predicted molar refractivity (Wildman–Crippen MR) is 87.5 cm³/mol. The van der Waals surface area contributed by atoms with E-state index in [4.69, 9.17) is 0 Å². The van der Waals surface area contributed by atoms with Gasteiger partial charge >= 0.3 is 0 Å². The average molecular weight is 314 g/mol. The number of hydrogen-bond acceptors (Lipinski definition) is 2. The van der Waals surface area contributed by atoms with E-state index in [1.54, 1.807) is 12.1 Å². The molecule has 0 aromatic heterocycles. The third kappa shape index (κ3) is 4.92. The summed E-state index contributed by atoms with van der Waals surface area (Å²) in [5.74, 6) is -1.12. The van der Waals surface area contributed by atoms with Crippen LogP contribution >= 0.6 is 0 Å². The van der Waals surface area contributed by atoms with Gasteiger partial charge in [-0.1, -0.05) is 36.4 Å². The Bertz CT molecular complexity index is 687. The van der Waals surface area contributed by atoms with Gasteiger partial charge in [0.25, 0.3) is 5.91 Å². The Kier molecular flexibility index (Phi) is 5.86. The molecule has 0 heterocycles. The van der Waals surface area contributed by atoms with Gasteiger partial charge < -0.3 is 10.6 Å². The van der Waals surface area contributed by atoms with Crippen molar-refractivity contribution < 1.29 is 14.0 Å². The average Bonchev–Trinajstić information content (AvgIpc) is 2.55. The standard InChI is InChI=1S/C18H19FN2O2/c1-13(22)20-10-5-11-21-18(23)16-12-15(8-9-17(16)19)14-6-3-2-4-7-14/h2-4,6-9,12H,5,10-11H2,1H3,(H,20,22)(H,21,23). The van der Waals surface area contributed by atoms with Crippen LogP contribution < -0.4 is 10.6 Å². The van der Waals surface area contributed by atoms with Crippen molar-refractivity contribution in [1.29, 1.82) is 0 Å². The van der Waals surface area contributed by atoms with Gasteiger partial charge in [-0.2, -0.15) is 0 Å². The Morgan fingerprint density at radius 2 is 1.65 bits per heavy atom. The fourth-order valence-electron chi connectivity index (χ4n) is 2.16. The molecule has 0 fully saturated rings. The Labute approximate surface area is 134 Å². The largest absolute Gasteiger partial charge is 0.356 e. The van der Waals surface area contributed by atoms with E-state index >= 15 is 0 Å². The molecule has 5 heteroatoms. The Balaban J connectivity index is 2.01. The first-order valence-electron chi connectivity index (χ1n) is 7.45. The van der Waals surface area contributed by atoms with E-state index in [2.05, 4.69) is 10.6 Å². The highest BCUT2D eigenvalue weighted by atomic mass is 19.1. The smallest absolute Gasteiger partial charge is 0.254 e. The van der Waals surface area contributed by atoms with Gasteiger partial charge in [0.1, 0.15) is 5.82 Å². The minimum atomic E-state index is -0.552. The Morgan fingerprint density at radius 3 is 2.35 bits per heavy atom. The summed E-state index contributed by atoms with van der Waals surface area (Å²) in [5, 5.41) is 5.30. The molecule has 2 amide bonds. The summed E-state index contributed by atoms with van der Waals surface area (Å²) >= 11 is 0. The molecule has 0 aliphatic heterocycles. The minimum absolute atomic E-state index is 0.0193. The normalized spacial score (nSPS) is 10.2. The number of nitrogens with one attached hydrogen (secondary N) is 2. The van der Waals surface area contributed by atoms with E-state index in [9.17, 15) is 14.0 Å². The molecule has 0 saturated heterocycles. The third-order valence-electron chi connectivity index (χ3n) is 3.33. The zero-order valence-electron chi connectivity index (χ0n) is 12.9. The van der Waals surface area contributed by atoms with Crippen molar-refractivity contribution in [2.45, 2.75) is 13.3 Å². The zero-order chi connectivity index (χ0) is 16.7. The molecule has 2 aromatic carbocycles. The van der Waals surface area contributed by atoms with Crippen LogP contribution in [-0.4, -0.2) is 24.9 Å². The first-order chi connectivity index (χ1) is 11.1. The fraction of sp³-hybridized carbons (Fsp3) is 0.222. The summed E-state index contributed by atoms with van der Waals surface area (Å²) in [6, 6.07) is 14.0. The van der Waals surface area contributed by atoms with Gasteiger partial charge in [-0.3, -0.25) is 9.59 Å². The van der Waals surface area contributed by atoms with E-state index in [-0.39, 0.29) is 11.5 Å². The molecule has 2 N–H and O–H groups in total. The van der Waals surface area contributed by atoms with E-state index in [1.807, 2.05) is 30.3 Å². The number of benzene rings is 2. The van der Waals surface area contributed by atoms with Crippen LogP contribution in [0.3, 0.4) is 0 Å². The van der Waals surface area contributed by atoms with Crippen LogP contribution in [0.5, 0.6) is 0 Å². The molecule has 2 rings (SSSR count). The van der Waals surface area contributed by atoms with Crippen molar-refractivity contribution in [3.8, 4) is 11.1 Å². The molecule has 0 unspecified atom stereocenters. The van der Waals surface area contributed by atoms with Gasteiger partial charge in [0, 0.05) is 20.0 Å². The lowest BCUT2D eigenvalue weighted by molar-refractivity contribution is -0.118. The van der Waals surface area contributed by atoms with Gasteiger partial charge in [-0.25, -0.2) is 4.39 Å². The quantitative estimate of drug-likeness (QED) is 0.806. The van der Waals surface area contributed by atoms with Gasteiger partial charge in [0.2, 0.25) is 5.91 Å². The number of carbonyl (C=O) groups excluding carboxylic acids is 2. The highest BCUT2D eigenvalue weighted by Crippen LogP contribution is 2.21. The summed E-state index contributed by atoms with van der Waals surface area (Å²) in [6.45, 7) is 2.28. The van der Waals surface area contributed by atoms with Crippen molar-refractivity contribution >= 4 is 11.8 Å². The molecular weight excluding hydrogens is 295 g/mol. The highest BCUT2D eigenvalue weighted by Gasteiger charge is 2.12. The van der Waals surface area contributed by atoms with Crippen molar-refractivity contribution in [3.05, 3.63) is 59.9 Å². The first-order valence-corrected chi connectivity index (χ1v) is 7.45. The van der Waals surface area contributed by atoms with Crippen molar-refractivity contribution in [2.75, 3.05) is 13.1 Å². The number of carbonyl (C=O) groups is 2. The van der Waals surface area contributed by atoms with E-state index in [0.717, 1.165) is 11.1 Å². The topological polar surface area (TPSA) is 58.2 Å². The van der Waals surface area contributed by atoms with Crippen LogP contribution in [0.4, 0.5) is 4.39 Å². The molecule has 0 aliphatic rings. The molecule has 0 saturated carbocycles. The van der Waals surface area contributed by atoms with E-state index in [0.29, 0.717) is 19.5 Å². The Hall–Kier alpha value is -2.69. The van der Waals surface area contributed by atoms with Crippen LogP contribution in [0, 0.1) is 5.82 Å². The maximum absolute atomic E-state index is 13.9. The second-order valence-corrected chi connectivity index (χ2v) is 5.15. The summed E-state index contributed by atoms with van der Waals surface area (Å²) in [6.07, 6.45) is 0.589. The minimum Gasteiger partial charge on any atom is -0.356 e. The summed E-state index contributed by atoms with van der Waals surface area (Å²) in [4.78, 5) is 22.8. The molecule has 0 radical (unpaired) electrons. The summed E-state index contributed by atoms with van der Waals surface area (Å²) < 4.78 is 13.9. The van der Waals surface area contributed by atoms with Crippen LogP contribution in [0.2, 0.25) is 0 Å². The maximum atomic E-state index is 13.9. The summed E-state index contributed by atoms with van der Waals surface area (Å²) in [5.41, 5.74) is 1.73. The molecule has 23 heavy (non-hydrogen) atoms. The Morgan fingerprint density at radius 1 is 0.957 bits per heavy atom. The predicted octanol–water partition coefficient (Wildman–Crippen LogP) is 2.75. The van der Waals surface area contributed by atoms with Gasteiger partial charge in [-0.05, 0) is 29.7 Å². The molecule has 0 aliphatic carbocycles. The molecule has 2 aromatic rings. The number of amides is 2. The SMILES string of the molecule is CC(=O)NCCCNC(=O)c1cc(-c2ccccc2)ccc1F. The molecule has 120 valence electrons. The second-order valence-electron chi connectivity index (χ2n) is 5.15. The molecule has 4 nitrogen and oxygen atoms in total. The van der Waals surface area contributed by atoms with Crippen molar-refractivity contribution in [2.24, 2.45) is 0 Å². The number of hydrogen-bond donors (Lipinski definition) is 2.